The fourth-order valence-corrected chi connectivity index (χ4v) is 5.09. The van der Waals surface area contributed by atoms with Gasteiger partial charge in [-0.1, -0.05) is 23.8 Å². The fraction of sp³-hybridized carbons (Fsp3) is 0.579. The number of hydrogen-bond acceptors (Lipinski definition) is 3. The molecule has 0 aromatic heterocycles. The molecule has 3 aliphatic rings. The Kier molecular flexibility index (Phi) is 3.29. The zero-order valence-electron chi connectivity index (χ0n) is 14.5. The van der Waals surface area contributed by atoms with Gasteiger partial charge in [0, 0.05) is 19.6 Å². The lowest BCUT2D eigenvalue weighted by Crippen LogP contribution is -2.56. The number of urea groups is 1. The van der Waals surface area contributed by atoms with Gasteiger partial charge in [0.1, 0.15) is 0 Å². The maximum atomic E-state index is 13.2. The molecule has 5 heteroatoms. The second-order valence-corrected chi connectivity index (χ2v) is 7.60. The molecule has 0 bridgehead atoms. The van der Waals surface area contributed by atoms with Crippen molar-refractivity contribution in [1.29, 1.82) is 0 Å². The van der Waals surface area contributed by atoms with Crippen LogP contribution in [0.5, 0.6) is 0 Å². The van der Waals surface area contributed by atoms with Crippen LogP contribution in [0.15, 0.2) is 18.2 Å². The summed E-state index contributed by atoms with van der Waals surface area (Å²) >= 11 is 0. The molecule has 1 unspecified atom stereocenters. The summed E-state index contributed by atoms with van der Waals surface area (Å²) in [5, 5.41) is 3.10. The van der Waals surface area contributed by atoms with Gasteiger partial charge in [0.2, 0.25) is 0 Å². The van der Waals surface area contributed by atoms with Gasteiger partial charge in [0.25, 0.3) is 5.91 Å². The SMILES string of the molecule is COC1CCC2(CC1)Cc1ccc(C)cc1C21NC(=O)N(C)C1=O. The summed E-state index contributed by atoms with van der Waals surface area (Å²) in [6.07, 6.45) is 4.73. The largest absolute Gasteiger partial charge is 0.381 e. The molecule has 2 aliphatic carbocycles. The third-order valence-corrected chi connectivity index (χ3v) is 6.44. The van der Waals surface area contributed by atoms with Crippen LogP contribution < -0.4 is 5.32 Å². The molecule has 1 saturated heterocycles. The number of nitrogens with one attached hydrogen (secondary N) is 1. The van der Waals surface area contributed by atoms with E-state index in [1.54, 1.807) is 14.2 Å². The second-order valence-electron chi connectivity index (χ2n) is 7.60. The maximum Gasteiger partial charge on any atom is 0.325 e. The summed E-state index contributed by atoms with van der Waals surface area (Å²) < 4.78 is 5.53. The van der Waals surface area contributed by atoms with Crippen LogP contribution in [-0.4, -0.2) is 37.1 Å². The van der Waals surface area contributed by atoms with Gasteiger partial charge in [0.05, 0.1) is 6.10 Å². The van der Waals surface area contributed by atoms with E-state index in [-0.39, 0.29) is 23.5 Å². The Hall–Kier alpha value is -1.88. The van der Waals surface area contributed by atoms with E-state index in [0.717, 1.165) is 43.2 Å². The molecule has 0 radical (unpaired) electrons. The van der Waals surface area contributed by atoms with Crippen LogP contribution in [0, 0.1) is 12.3 Å². The van der Waals surface area contributed by atoms with Crippen molar-refractivity contribution in [2.45, 2.75) is 50.7 Å². The Labute approximate surface area is 142 Å². The predicted molar refractivity (Wildman–Crippen MR) is 89.6 cm³/mol. The lowest BCUT2D eigenvalue weighted by molar-refractivity contribution is -0.137. The number of amides is 3. The number of methoxy groups -OCH3 is 1. The number of hydrogen-bond donors (Lipinski definition) is 1. The lowest BCUT2D eigenvalue weighted by atomic mass is 9.61. The summed E-state index contributed by atoms with van der Waals surface area (Å²) in [5.74, 6) is -0.104. The normalized spacial score (nSPS) is 35.0. The van der Waals surface area contributed by atoms with E-state index in [2.05, 4.69) is 23.5 Å². The van der Waals surface area contributed by atoms with E-state index in [0.29, 0.717) is 0 Å². The van der Waals surface area contributed by atoms with Gasteiger partial charge < -0.3 is 10.1 Å². The van der Waals surface area contributed by atoms with Crippen LogP contribution >= 0.6 is 0 Å². The van der Waals surface area contributed by atoms with Crippen molar-refractivity contribution in [3.63, 3.8) is 0 Å². The van der Waals surface area contributed by atoms with Crippen LogP contribution in [0.3, 0.4) is 0 Å². The predicted octanol–water partition coefficient (Wildman–Crippen LogP) is 2.50. The number of fused-ring (bicyclic) bond motifs is 3. The summed E-state index contributed by atoms with van der Waals surface area (Å²) in [7, 11) is 3.33. The maximum absolute atomic E-state index is 13.2. The van der Waals surface area contributed by atoms with Crippen LogP contribution in [0.25, 0.3) is 0 Å². The minimum Gasteiger partial charge on any atom is -0.381 e. The molecule has 1 atom stereocenters. The Morgan fingerprint density at radius 2 is 1.96 bits per heavy atom. The molecular formula is C19H24N2O3. The fourth-order valence-electron chi connectivity index (χ4n) is 5.09. The summed E-state index contributed by atoms with van der Waals surface area (Å²) in [4.78, 5) is 26.9. The number of carbonyl (C=O) groups excluding carboxylic acids is 2. The zero-order chi connectivity index (χ0) is 17.1. The lowest BCUT2D eigenvalue weighted by Gasteiger charge is -2.46. The quantitative estimate of drug-likeness (QED) is 0.806. The van der Waals surface area contributed by atoms with Gasteiger partial charge >= 0.3 is 6.03 Å². The van der Waals surface area contributed by atoms with Crippen molar-refractivity contribution in [3.8, 4) is 0 Å². The van der Waals surface area contributed by atoms with E-state index in [4.69, 9.17) is 4.74 Å². The van der Waals surface area contributed by atoms with E-state index in [1.165, 1.54) is 10.5 Å². The van der Waals surface area contributed by atoms with Gasteiger partial charge in [-0.05, 0) is 50.2 Å². The monoisotopic (exact) mass is 328 g/mol. The smallest absolute Gasteiger partial charge is 0.325 e. The Balaban J connectivity index is 1.87. The molecule has 2 fully saturated rings. The summed E-state index contributed by atoms with van der Waals surface area (Å²) in [6.45, 7) is 2.03. The molecular weight excluding hydrogens is 304 g/mol. The number of aryl methyl sites for hydroxylation is 1. The average Bonchev–Trinajstić information content (AvgIpc) is 2.97. The van der Waals surface area contributed by atoms with E-state index in [1.807, 2.05) is 6.92 Å². The van der Waals surface area contributed by atoms with Crippen molar-refractivity contribution < 1.29 is 14.3 Å². The first-order valence-electron chi connectivity index (χ1n) is 8.67. The summed E-state index contributed by atoms with van der Waals surface area (Å²) in [5.41, 5.74) is 2.17. The van der Waals surface area contributed by atoms with Crippen LogP contribution in [0.4, 0.5) is 4.79 Å². The highest BCUT2D eigenvalue weighted by Crippen LogP contribution is 2.59. The molecule has 1 aromatic rings. The molecule has 2 spiro atoms. The number of likely N-dealkylation sites (N-methyl/N-ethyl adjacent to an activating group) is 1. The minimum absolute atomic E-state index is 0.104. The van der Waals surface area contributed by atoms with E-state index in [9.17, 15) is 9.59 Å². The molecule has 24 heavy (non-hydrogen) atoms. The van der Waals surface area contributed by atoms with Crippen molar-refractivity contribution in [3.05, 3.63) is 34.9 Å². The Morgan fingerprint density at radius 3 is 2.54 bits per heavy atom. The third-order valence-electron chi connectivity index (χ3n) is 6.44. The van der Waals surface area contributed by atoms with Crippen LogP contribution in [0.2, 0.25) is 0 Å². The number of ether oxygens (including phenoxy) is 1. The molecule has 1 N–H and O–H groups in total. The van der Waals surface area contributed by atoms with Gasteiger partial charge in [-0.15, -0.1) is 0 Å². The average molecular weight is 328 g/mol. The van der Waals surface area contributed by atoms with Gasteiger partial charge in [-0.2, -0.15) is 0 Å². The highest BCUT2D eigenvalue weighted by molar-refractivity contribution is 6.08. The highest BCUT2D eigenvalue weighted by atomic mass is 16.5. The second kappa shape index (κ2) is 5.06. The van der Waals surface area contributed by atoms with Gasteiger partial charge in [-0.3, -0.25) is 9.69 Å². The first-order valence-corrected chi connectivity index (χ1v) is 8.67. The molecule has 1 aliphatic heterocycles. The number of nitrogens with zero attached hydrogens (tertiary/aromatic N) is 1. The standard InChI is InChI=1S/C19H24N2O3/c1-12-4-5-13-11-18(8-6-14(24-3)7-9-18)19(15(13)10-12)16(22)21(2)17(23)20-19/h4-5,10,14H,6-9,11H2,1-3H3,(H,20,23). The molecule has 1 heterocycles. The molecule has 128 valence electrons. The highest BCUT2D eigenvalue weighted by Gasteiger charge is 2.67. The molecule has 1 aromatic carbocycles. The van der Waals surface area contributed by atoms with E-state index < -0.39 is 5.54 Å². The molecule has 3 amide bonds. The number of carbonyl (C=O) groups is 2. The first-order chi connectivity index (χ1) is 11.4. The molecule has 1 saturated carbocycles. The first kappa shape index (κ1) is 15.6. The van der Waals surface area contributed by atoms with Gasteiger partial charge in [-0.25, -0.2) is 4.79 Å². The molecule has 5 nitrogen and oxygen atoms in total. The van der Waals surface area contributed by atoms with Crippen LogP contribution in [-0.2, 0) is 21.5 Å². The molecule has 4 rings (SSSR count). The number of imide groups is 1. The zero-order valence-corrected chi connectivity index (χ0v) is 14.5. The van der Waals surface area contributed by atoms with Crippen molar-refractivity contribution in [1.82, 2.24) is 10.2 Å². The Bertz CT molecular complexity index is 721. The van der Waals surface area contributed by atoms with Crippen molar-refractivity contribution >= 4 is 11.9 Å². The summed E-state index contributed by atoms with van der Waals surface area (Å²) in [6, 6.07) is 6.02. The Morgan fingerprint density at radius 1 is 1.25 bits per heavy atom. The third kappa shape index (κ3) is 1.79. The topological polar surface area (TPSA) is 58.6 Å². The van der Waals surface area contributed by atoms with Gasteiger partial charge in [0.15, 0.2) is 5.54 Å². The van der Waals surface area contributed by atoms with Crippen LogP contribution in [0.1, 0.15) is 42.4 Å². The number of benzene rings is 1. The minimum atomic E-state index is -0.904. The number of rotatable bonds is 1. The van der Waals surface area contributed by atoms with Crippen molar-refractivity contribution in [2.75, 3.05) is 14.2 Å². The van der Waals surface area contributed by atoms with E-state index >= 15 is 0 Å². The van der Waals surface area contributed by atoms with Crippen molar-refractivity contribution in [2.24, 2.45) is 5.41 Å².